The van der Waals surface area contributed by atoms with E-state index in [1.807, 2.05) is 50.2 Å². The third-order valence-corrected chi connectivity index (χ3v) is 5.50. The summed E-state index contributed by atoms with van der Waals surface area (Å²) in [4.78, 5) is 17.9. The molecule has 0 saturated carbocycles. The molecule has 7 nitrogen and oxygen atoms in total. The highest BCUT2D eigenvalue weighted by Gasteiger charge is 2.19. The summed E-state index contributed by atoms with van der Waals surface area (Å²) < 4.78 is 27.6. The Labute approximate surface area is 204 Å². The molecule has 0 unspecified atom stereocenters. The Morgan fingerprint density at radius 1 is 0.886 bits per heavy atom. The predicted octanol–water partition coefficient (Wildman–Crippen LogP) is 5.76. The number of benzene rings is 3. The smallest absolute Gasteiger partial charge is 0.226 e. The molecule has 3 aromatic carbocycles. The molecular weight excluding hydrogens is 446 g/mol. The zero-order valence-corrected chi connectivity index (χ0v) is 20.2. The molecule has 0 fully saturated rings. The summed E-state index contributed by atoms with van der Waals surface area (Å²) in [5, 5.41) is 0. The van der Waals surface area contributed by atoms with E-state index in [-0.39, 0.29) is 19.2 Å². The number of nitrogens with zero attached hydrogens (tertiary/aromatic N) is 1. The van der Waals surface area contributed by atoms with Crippen molar-refractivity contribution in [2.24, 2.45) is 0 Å². The van der Waals surface area contributed by atoms with Gasteiger partial charge in [-0.1, -0.05) is 18.2 Å². The number of carbonyl (C=O) groups is 1. The third-order valence-electron chi connectivity index (χ3n) is 5.50. The van der Waals surface area contributed by atoms with Gasteiger partial charge in [0.2, 0.25) is 5.89 Å². The van der Waals surface area contributed by atoms with Crippen LogP contribution in [-0.4, -0.2) is 31.8 Å². The van der Waals surface area contributed by atoms with Crippen LogP contribution in [0, 0.1) is 13.8 Å². The first kappa shape index (κ1) is 24.0. The van der Waals surface area contributed by atoms with E-state index in [1.165, 1.54) is 7.11 Å². The second-order valence-electron chi connectivity index (χ2n) is 7.90. The molecule has 7 heteroatoms. The van der Waals surface area contributed by atoms with Crippen LogP contribution in [-0.2, 0) is 11.3 Å². The summed E-state index contributed by atoms with van der Waals surface area (Å²) >= 11 is 0. The fourth-order valence-electron chi connectivity index (χ4n) is 3.60. The second kappa shape index (κ2) is 10.9. The Bertz CT molecular complexity index is 1310. The number of ether oxygens (including phenoxy) is 4. The molecule has 35 heavy (non-hydrogen) atoms. The van der Waals surface area contributed by atoms with Gasteiger partial charge < -0.3 is 23.4 Å². The summed E-state index contributed by atoms with van der Waals surface area (Å²) in [6, 6.07) is 20.2. The molecule has 1 heterocycles. The van der Waals surface area contributed by atoms with Crippen LogP contribution in [0.3, 0.4) is 0 Å². The van der Waals surface area contributed by atoms with E-state index >= 15 is 0 Å². The van der Waals surface area contributed by atoms with Crippen molar-refractivity contribution in [3.05, 3.63) is 94.9 Å². The number of aryl methyl sites for hydroxylation is 2. The molecule has 0 spiro atoms. The number of oxazole rings is 1. The highest BCUT2D eigenvalue weighted by Crippen LogP contribution is 2.29. The van der Waals surface area contributed by atoms with Crippen molar-refractivity contribution < 1.29 is 28.2 Å². The predicted molar refractivity (Wildman–Crippen MR) is 131 cm³/mol. The highest BCUT2D eigenvalue weighted by molar-refractivity contribution is 6.11. The van der Waals surface area contributed by atoms with Gasteiger partial charge in [-0.15, -0.1) is 0 Å². The van der Waals surface area contributed by atoms with Gasteiger partial charge in [-0.25, -0.2) is 4.98 Å². The lowest BCUT2D eigenvalue weighted by molar-refractivity contribution is 0.0502. The Balaban J connectivity index is 1.50. The number of carbonyl (C=O) groups excluding carboxylic acids is 1. The largest absolute Gasteiger partial charge is 0.497 e. The van der Waals surface area contributed by atoms with Gasteiger partial charge >= 0.3 is 0 Å². The van der Waals surface area contributed by atoms with Gasteiger partial charge in [-0.2, -0.15) is 0 Å². The van der Waals surface area contributed by atoms with Crippen LogP contribution in [0.15, 0.2) is 71.1 Å². The molecule has 0 aliphatic heterocycles. The molecule has 0 atom stereocenters. The normalized spacial score (nSPS) is 10.7. The molecule has 0 N–H and O–H groups in total. The van der Waals surface area contributed by atoms with E-state index in [4.69, 9.17) is 23.4 Å². The van der Waals surface area contributed by atoms with Gasteiger partial charge in [0, 0.05) is 24.3 Å². The number of hydrogen-bond donors (Lipinski definition) is 0. The minimum atomic E-state index is -0.164. The van der Waals surface area contributed by atoms with Gasteiger partial charge in [-0.3, -0.25) is 4.79 Å². The Kier molecular flexibility index (Phi) is 7.48. The maximum absolute atomic E-state index is 13.3. The standard InChI is InChI=1S/C28H27NO6/c1-18-14-22(33-16-25-19(2)35-28(29-25)20-8-6-5-7-9-20)11-12-23(18)27(30)24-13-10-21(32-4)15-26(24)34-17-31-3/h5-15H,16-17H2,1-4H3. The quantitative estimate of drug-likeness (QED) is 0.214. The van der Waals surface area contributed by atoms with E-state index in [1.54, 1.807) is 37.4 Å². The Morgan fingerprint density at radius 2 is 1.63 bits per heavy atom. The molecule has 1 aromatic heterocycles. The van der Waals surface area contributed by atoms with Crippen molar-refractivity contribution in [2.75, 3.05) is 21.0 Å². The van der Waals surface area contributed by atoms with Crippen LogP contribution < -0.4 is 14.2 Å². The van der Waals surface area contributed by atoms with E-state index in [9.17, 15) is 4.79 Å². The SMILES string of the molecule is COCOc1cc(OC)ccc1C(=O)c1ccc(OCc2nc(-c3ccccc3)oc2C)cc1C. The first-order chi connectivity index (χ1) is 17.0. The molecule has 0 amide bonds. The van der Waals surface area contributed by atoms with Crippen molar-refractivity contribution in [1.29, 1.82) is 0 Å². The van der Waals surface area contributed by atoms with Crippen LogP contribution in [0.25, 0.3) is 11.5 Å². The van der Waals surface area contributed by atoms with Crippen LogP contribution >= 0.6 is 0 Å². The van der Waals surface area contributed by atoms with Crippen molar-refractivity contribution in [3.63, 3.8) is 0 Å². The lowest BCUT2D eigenvalue weighted by atomic mass is 9.98. The first-order valence-corrected chi connectivity index (χ1v) is 11.1. The lowest BCUT2D eigenvalue weighted by Crippen LogP contribution is -2.09. The Hall–Kier alpha value is -4.10. The van der Waals surface area contributed by atoms with Gasteiger partial charge in [-0.05, 0) is 61.9 Å². The minimum Gasteiger partial charge on any atom is -0.497 e. The molecule has 0 bridgehead atoms. The Morgan fingerprint density at radius 3 is 2.34 bits per heavy atom. The molecular formula is C28H27NO6. The molecule has 180 valence electrons. The van der Waals surface area contributed by atoms with Crippen molar-refractivity contribution in [1.82, 2.24) is 4.98 Å². The number of aromatic nitrogens is 1. The fourth-order valence-corrected chi connectivity index (χ4v) is 3.60. The maximum Gasteiger partial charge on any atom is 0.226 e. The van der Waals surface area contributed by atoms with Crippen LogP contribution in [0.5, 0.6) is 17.2 Å². The molecule has 0 aliphatic carbocycles. The minimum absolute atomic E-state index is 0.0205. The summed E-state index contributed by atoms with van der Waals surface area (Å²) in [5.41, 5.74) is 3.38. The number of hydrogen-bond acceptors (Lipinski definition) is 7. The van der Waals surface area contributed by atoms with E-state index in [0.717, 1.165) is 16.8 Å². The number of ketones is 1. The summed E-state index contributed by atoms with van der Waals surface area (Å²) in [6.45, 7) is 4.01. The van der Waals surface area contributed by atoms with Crippen molar-refractivity contribution >= 4 is 5.78 Å². The zero-order chi connectivity index (χ0) is 24.8. The fraction of sp³-hybridized carbons (Fsp3) is 0.214. The maximum atomic E-state index is 13.3. The average molecular weight is 474 g/mol. The average Bonchev–Trinajstić information content (AvgIpc) is 3.26. The molecule has 0 radical (unpaired) electrons. The highest BCUT2D eigenvalue weighted by atomic mass is 16.7. The third kappa shape index (κ3) is 5.53. The van der Waals surface area contributed by atoms with E-state index < -0.39 is 0 Å². The van der Waals surface area contributed by atoms with Crippen LogP contribution in [0.2, 0.25) is 0 Å². The zero-order valence-electron chi connectivity index (χ0n) is 20.2. The molecule has 4 aromatic rings. The van der Waals surface area contributed by atoms with Gasteiger partial charge in [0.1, 0.15) is 35.3 Å². The molecule has 4 rings (SSSR count). The van der Waals surface area contributed by atoms with Crippen LogP contribution in [0.1, 0.15) is 32.9 Å². The van der Waals surface area contributed by atoms with Crippen molar-refractivity contribution in [2.45, 2.75) is 20.5 Å². The molecule has 0 saturated heterocycles. The van der Waals surface area contributed by atoms with E-state index in [2.05, 4.69) is 4.98 Å². The molecule has 0 aliphatic rings. The lowest BCUT2D eigenvalue weighted by Gasteiger charge is -2.13. The van der Waals surface area contributed by atoms with Gasteiger partial charge in [0.15, 0.2) is 12.6 Å². The van der Waals surface area contributed by atoms with Gasteiger partial charge in [0.25, 0.3) is 0 Å². The summed E-state index contributed by atoms with van der Waals surface area (Å²) in [7, 11) is 3.08. The number of rotatable bonds is 10. The summed E-state index contributed by atoms with van der Waals surface area (Å²) in [6.07, 6.45) is 0. The van der Waals surface area contributed by atoms with Crippen LogP contribution in [0.4, 0.5) is 0 Å². The topological polar surface area (TPSA) is 80.0 Å². The second-order valence-corrected chi connectivity index (χ2v) is 7.90. The number of methoxy groups -OCH3 is 2. The van der Waals surface area contributed by atoms with Gasteiger partial charge in [0.05, 0.1) is 12.7 Å². The summed E-state index contributed by atoms with van der Waals surface area (Å²) in [5.74, 6) is 2.72. The first-order valence-electron chi connectivity index (χ1n) is 11.1. The van der Waals surface area contributed by atoms with Crippen molar-refractivity contribution in [3.8, 4) is 28.7 Å². The monoisotopic (exact) mass is 473 g/mol. The van der Waals surface area contributed by atoms with E-state index in [0.29, 0.717) is 40.0 Å².